The number of nitrogens with zero attached hydrogens (tertiary/aromatic N) is 1. The molecule has 4 heteroatoms. The first kappa shape index (κ1) is 11.6. The fraction of sp³-hybridized carbons (Fsp3) is 0.250. The van der Waals surface area contributed by atoms with E-state index in [1.807, 2.05) is 36.8 Å². The van der Waals surface area contributed by atoms with Crippen molar-refractivity contribution in [1.29, 1.82) is 0 Å². The summed E-state index contributed by atoms with van der Waals surface area (Å²) < 4.78 is 0. The molecule has 0 bridgehead atoms. The Morgan fingerprint density at radius 1 is 1.50 bits per heavy atom. The standard InChI is InChI=1S/C12H13ClN2S/c1-8-4-9(13)2-3-11(8)12(14)5-10-6-15-7-16-10/h2-4,6-7,12H,5,14H2,1H3. The Labute approximate surface area is 104 Å². The van der Waals surface area contributed by atoms with Crippen LogP contribution in [0.4, 0.5) is 0 Å². The zero-order valence-electron chi connectivity index (χ0n) is 8.98. The van der Waals surface area contributed by atoms with Gasteiger partial charge in [-0.2, -0.15) is 0 Å². The molecule has 0 aliphatic carbocycles. The Bertz CT molecular complexity index is 468. The van der Waals surface area contributed by atoms with Crippen molar-refractivity contribution in [2.24, 2.45) is 5.73 Å². The average Bonchev–Trinajstić information content (AvgIpc) is 2.70. The molecule has 0 aliphatic rings. The number of aryl methyl sites for hydroxylation is 1. The van der Waals surface area contributed by atoms with E-state index in [1.165, 1.54) is 4.88 Å². The lowest BCUT2D eigenvalue weighted by atomic mass is 9.99. The molecule has 2 aromatic rings. The SMILES string of the molecule is Cc1cc(Cl)ccc1C(N)Cc1cncs1. The minimum absolute atomic E-state index is 0.0118. The molecule has 0 spiro atoms. The summed E-state index contributed by atoms with van der Waals surface area (Å²) in [5.41, 5.74) is 10.3. The van der Waals surface area contributed by atoms with Gasteiger partial charge in [0.05, 0.1) is 5.51 Å². The van der Waals surface area contributed by atoms with Crippen LogP contribution in [0.15, 0.2) is 29.9 Å². The van der Waals surface area contributed by atoms with Gasteiger partial charge in [0.25, 0.3) is 0 Å². The maximum absolute atomic E-state index is 6.17. The number of rotatable bonds is 3. The summed E-state index contributed by atoms with van der Waals surface area (Å²) in [4.78, 5) is 5.26. The predicted octanol–water partition coefficient (Wildman–Crippen LogP) is 3.35. The number of hydrogen-bond donors (Lipinski definition) is 1. The molecule has 2 N–H and O–H groups in total. The van der Waals surface area contributed by atoms with Crippen LogP contribution >= 0.6 is 22.9 Å². The number of benzene rings is 1. The Balaban J connectivity index is 2.17. The summed E-state index contributed by atoms with van der Waals surface area (Å²) in [5, 5.41) is 0.756. The van der Waals surface area contributed by atoms with Crippen molar-refractivity contribution in [2.45, 2.75) is 19.4 Å². The quantitative estimate of drug-likeness (QED) is 0.910. The Morgan fingerprint density at radius 3 is 2.94 bits per heavy atom. The lowest BCUT2D eigenvalue weighted by Gasteiger charge is -2.13. The zero-order chi connectivity index (χ0) is 11.5. The molecule has 1 aromatic carbocycles. The van der Waals surface area contributed by atoms with Crippen LogP contribution in [0.25, 0.3) is 0 Å². The smallest absolute Gasteiger partial charge is 0.0794 e. The lowest BCUT2D eigenvalue weighted by molar-refractivity contribution is 0.723. The summed E-state index contributed by atoms with van der Waals surface area (Å²) in [6.07, 6.45) is 2.70. The molecule has 1 unspecified atom stereocenters. The molecule has 2 rings (SSSR count). The molecule has 1 atom stereocenters. The first-order chi connectivity index (χ1) is 7.66. The van der Waals surface area contributed by atoms with Crippen molar-refractivity contribution < 1.29 is 0 Å². The van der Waals surface area contributed by atoms with Crippen molar-refractivity contribution in [3.05, 3.63) is 50.9 Å². The van der Waals surface area contributed by atoms with E-state index in [0.717, 1.165) is 22.6 Å². The number of nitrogens with two attached hydrogens (primary N) is 1. The summed E-state index contributed by atoms with van der Waals surface area (Å²) in [6.45, 7) is 2.04. The van der Waals surface area contributed by atoms with Crippen LogP contribution in [-0.2, 0) is 6.42 Å². The third-order valence-corrected chi connectivity index (χ3v) is 3.57. The largest absolute Gasteiger partial charge is 0.324 e. The highest BCUT2D eigenvalue weighted by Crippen LogP contribution is 2.23. The minimum Gasteiger partial charge on any atom is -0.324 e. The van der Waals surface area contributed by atoms with Crippen LogP contribution in [0.3, 0.4) is 0 Å². The van der Waals surface area contributed by atoms with Crippen LogP contribution in [0.1, 0.15) is 22.0 Å². The molecule has 2 nitrogen and oxygen atoms in total. The van der Waals surface area contributed by atoms with Crippen LogP contribution in [0.5, 0.6) is 0 Å². The fourth-order valence-corrected chi connectivity index (χ4v) is 2.61. The van der Waals surface area contributed by atoms with Gasteiger partial charge in [0.1, 0.15) is 0 Å². The molecule has 0 saturated carbocycles. The number of hydrogen-bond acceptors (Lipinski definition) is 3. The third kappa shape index (κ3) is 2.61. The van der Waals surface area contributed by atoms with Gasteiger partial charge in [-0.3, -0.25) is 4.98 Å². The van der Waals surface area contributed by atoms with E-state index in [1.54, 1.807) is 11.3 Å². The summed E-state index contributed by atoms with van der Waals surface area (Å²) in [5.74, 6) is 0. The van der Waals surface area contributed by atoms with E-state index in [-0.39, 0.29) is 6.04 Å². The first-order valence-electron chi connectivity index (χ1n) is 5.06. The van der Waals surface area contributed by atoms with E-state index in [4.69, 9.17) is 17.3 Å². The van der Waals surface area contributed by atoms with E-state index in [9.17, 15) is 0 Å². The van der Waals surface area contributed by atoms with Gasteiger partial charge in [-0.05, 0) is 30.2 Å². The second kappa shape index (κ2) is 4.95. The van der Waals surface area contributed by atoms with Gasteiger partial charge in [-0.25, -0.2) is 0 Å². The first-order valence-corrected chi connectivity index (χ1v) is 6.31. The molecule has 0 saturated heterocycles. The van der Waals surface area contributed by atoms with Crippen molar-refractivity contribution in [3.8, 4) is 0 Å². The highest BCUT2D eigenvalue weighted by Gasteiger charge is 2.10. The summed E-state index contributed by atoms with van der Waals surface area (Å²) in [7, 11) is 0. The van der Waals surface area contributed by atoms with Crippen molar-refractivity contribution in [2.75, 3.05) is 0 Å². The van der Waals surface area contributed by atoms with E-state index < -0.39 is 0 Å². The monoisotopic (exact) mass is 252 g/mol. The topological polar surface area (TPSA) is 38.9 Å². The second-order valence-corrected chi connectivity index (χ2v) is 5.19. The second-order valence-electron chi connectivity index (χ2n) is 3.78. The molecule has 0 fully saturated rings. The van der Waals surface area contributed by atoms with Gasteiger partial charge in [0, 0.05) is 28.6 Å². The highest BCUT2D eigenvalue weighted by molar-refractivity contribution is 7.09. The van der Waals surface area contributed by atoms with Crippen molar-refractivity contribution >= 4 is 22.9 Å². The minimum atomic E-state index is 0.0118. The Morgan fingerprint density at radius 2 is 2.31 bits per heavy atom. The number of thiazole rings is 1. The molecule has 1 heterocycles. The molecule has 0 amide bonds. The zero-order valence-corrected chi connectivity index (χ0v) is 10.6. The van der Waals surface area contributed by atoms with Crippen LogP contribution in [0, 0.1) is 6.92 Å². The number of halogens is 1. The molecule has 16 heavy (non-hydrogen) atoms. The van der Waals surface area contributed by atoms with Gasteiger partial charge in [0.15, 0.2) is 0 Å². The number of aromatic nitrogens is 1. The molecular formula is C12H13ClN2S. The van der Waals surface area contributed by atoms with Crippen LogP contribution < -0.4 is 5.73 Å². The van der Waals surface area contributed by atoms with Crippen molar-refractivity contribution in [3.63, 3.8) is 0 Å². The normalized spacial score (nSPS) is 12.7. The fourth-order valence-electron chi connectivity index (χ4n) is 1.72. The third-order valence-electron chi connectivity index (χ3n) is 2.54. The van der Waals surface area contributed by atoms with Gasteiger partial charge >= 0.3 is 0 Å². The maximum atomic E-state index is 6.17. The average molecular weight is 253 g/mol. The Hall–Kier alpha value is -0.900. The molecule has 84 valence electrons. The molecule has 0 aliphatic heterocycles. The van der Waals surface area contributed by atoms with E-state index in [2.05, 4.69) is 4.98 Å². The molecular weight excluding hydrogens is 240 g/mol. The van der Waals surface area contributed by atoms with Gasteiger partial charge in [0.2, 0.25) is 0 Å². The van der Waals surface area contributed by atoms with E-state index in [0.29, 0.717) is 0 Å². The lowest BCUT2D eigenvalue weighted by Crippen LogP contribution is -2.14. The summed E-state index contributed by atoms with van der Waals surface area (Å²) in [6, 6.07) is 5.85. The highest BCUT2D eigenvalue weighted by atomic mass is 35.5. The van der Waals surface area contributed by atoms with Crippen molar-refractivity contribution in [1.82, 2.24) is 4.98 Å². The van der Waals surface area contributed by atoms with Gasteiger partial charge < -0.3 is 5.73 Å². The summed E-state index contributed by atoms with van der Waals surface area (Å²) >= 11 is 7.55. The molecule has 0 radical (unpaired) electrons. The van der Waals surface area contributed by atoms with Gasteiger partial charge in [-0.15, -0.1) is 11.3 Å². The van der Waals surface area contributed by atoms with Crippen LogP contribution in [0.2, 0.25) is 5.02 Å². The predicted molar refractivity (Wildman–Crippen MR) is 68.9 cm³/mol. The van der Waals surface area contributed by atoms with Crippen LogP contribution in [-0.4, -0.2) is 4.98 Å². The van der Waals surface area contributed by atoms with E-state index >= 15 is 0 Å². The van der Waals surface area contributed by atoms with Gasteiger partial charge in [-0.1, -0.05) is 17.7 Å². The Kier molecular flexibility index (Phi) is 3.59. The maximum Gasteiger partial charge on any atom is 0.0794 e. The molecule has 1 aromatic heterocycles.